The predicted octanol–water partition coefficient (Wildman–Crippen LogP) is 3.89. The number of nitrogens with one attached hydrogen (secondary N) is 2. The number of benzene rings is 1. The monoisotopic (exact) mass is 371 g/mol. The fourth-order valence-corrected chi connectivity index (χ4v) is 3.84. The Morgan fingerprint density at radius 3 is 3.00 bits per heavy atom. The van der Waals surface area contributed by atoms with Gasteiger partial charge in [-0.15, -0.1) is 5.10 Å². The third kappa shape index (κ3) is 3.60. The van der Waals surface area contributed by atoms with Gasteiger partial charge in [-0.25, -0.2) is 4.68 Å². The predicted molar refractivity (Wildman–Crippen MR) is 101 cm³/mol. The minimum Gasteiger partial charge on any atom is -0.361 e. The van der Waals surface area contributed by atoms with Crippen LogP contribution in [0.1, 0.15) is 54.2 Å². The molecule has 0 saturated heterocycles. The molecule has 136 valence electrons. The minimum absolute atomic E-state index is 0.176. The van der Waals surface area contributed by atoms with Gasteiger partial charge < -0.3 is 10.3 Å². The summed E-state index contributed by atoms with van der Waals surface area (Å²) in [5.41, 5.74) is 2.57. The topological polar surface area (TPSA) is 75.6 Å². The molecule has 3 aromatic rings. The summed E-state index contributed by atoms with van der Waals surface area (Å²) >= 11 is 6.08. The highest BCUT2D eigenvalue weighted by Gasteiger charge is 2.18. The Kier molecular flexibility index (Phi) is 4.93. The van der Waals surface area contributed by atoms with Gasteiger partial charge in [0, 0.05) is 28.7 Å². The number of aromatic amines is 1. The summed E-state index contributed by atoms with van der Waals surface area (Å²) in [6.07, 6.45) is 10.4. The van der Waals surface area contributed by atoms with Gasteiger partial charge in [0.15, 0.2) is 5.69 Å². The lowest BCUT2D eigenvalue weighted by Crippen LogP contribution is -2.26. The quantitative estimate of drug-likeness (QED) is 0.714. The third-order valence-electron chi connectivity index (χ3n) is 5.10. The number of carbonyl (C=O) groups excluding carboxylic acids is 1. The van der Waals surface area contributed by atoms with Crippen LogP contribution >= 0.6 is 11.6 Å². The molecule has 6 nitrogen and oxygen atoms in total. The second-order valence-corrected chi connectivity index (χ2v) is 7.32. The Balaban J connectivity index is 1.35. The maximum Gasteiger partial charge on any atom is 0.273 e. The van der Waals surface area contributed by atoms with Gasteiger partial charge >= 0.3 is 0 Å². The summed E-state index contributed by atoms with van der Waals surface area (Å²) in [7, 11) is 0. The van der Waals surface area contributed by atoms with Crippen molar-refractivity contribution in [3.05, 3.63) is 46.9 Å². The van der Waals surface area contributed by atoms with Crippen molar-refractivity contribution in [1.82, 2.24) is 25.3 Å². The summed E-state index contributed by atoms with van der Waals surface area (Å²) in [5.74, 6) is -0.176. The van der Waals surface area contributed by atoms with E-state index in [1.165, 1.54) is 19.3 Å². The molecule has 1 saturated carbocycles. The minimum atomic E-state index is -0.176. The molecule has 0 radical (unpaired) electrons. The number of nitrogens with zero attached hydrogens (tertiary/aromatic N) is 3. The molecule has 0 bridgehead atoms. The molecule has 26 heavy (non-hydrogen) atoms. The Morgan fingerprint density at radius 1 is 1.31 bits per heavy atom. The number of amides is 1. The molecule has 2 heterocycles. The normalized spacial score (nSPS) is 15.4. The van der Waals surface area contributed by atoms with Gasteiger partial charge in [0.05, 0.1) is 12.2 Å². The molecule has 0 aliphatic heterocycles. The van der Waals surface area contributed by atoms with Crippen molar-refractivity contribution in [2.75, 3.05) is 6.54 Å². The fraction of sp³-hybridized carbons (Fsp3) is 0.421. The molecule has 1 amide bonds. The number of carbonyl (C=O) groups is 1. The van der Waals surface area contributed by atoms with Crippen LogP contribution in [0, 0.1) is 0 Å². The molecule has 1 aliphatic carbocycles. The van der Waals surface area contributed by atoms with Crippen LogP contribution in [0.5, 0.6) is 0 Å². The zero-order chi connectivity index (χ0) is 17.9. The lowest BCUT2D eigenvalue weighted by Gasteiger charge is -2.20. The van der Waals surface area contributed by atoms with E-state index >= 15 is 0 Å². The van der Waals surface area contributed by atoms with Crippen molar-refractivity contribution in [1.29, 1.82) is 0 Å². The first-order valence-electron chi connectivity index (χ1n) is 9.16. The van der Waals surface area contributed by atoms with E-state index in [-0.39, 0.29) is 5.91 Å². The SMILES string of the molecule is O=C(NCCc1c[nH]c2ccc(Cl)cc12)c1cn(C2CCCCC2)nn1. The average Bonchev–Trinajstić information content (AvgIpc) is 3.30. The van der Waals surface area contributed by atoms with Crippen molar-refractivity contribution in [3.8, 4) is 0 Å². The largest absolute Gasteiger partial charge is 0.361 e. The number of aromatic nitrogens is 4. The van der Waals surface area contributed by atoms with Gasteiger partial charge in [-0.1, -0.05) is 36.1 Å². The van der Waals surface area contributed by atoms with E-state index in [0.29, 0.717) is 23.3 Å². The first kappa shape index (κ1) is 17.1. The van der Waals surface area contributed by atoms with E-state index in [1.807, 2.05) is 29.1 Å². The summed E-state index contributed by atoms with van der Waals surface area (Å²) in [5, 5.41) is 12.9. The smallest absolute Gasteiger partial charge is 0.273 e. The van der Waals surface area contributed by atoms with Crippen LogP contribution in [0.25, 0.3) is 10.9 Å². The zero-order valence-corrected chi connectivity index (χ0v) is 15.3. The summed E-state index contributed by atoms with van der Waals surface area (Å²) in [4.78, 5) is 15.6. The van der Waals surface area contributed by atoms with E-state index in [4.69, 9.17) is 11.6 Å². The highest BCUT2D eigenvalue weighted by Crippen LogP contribution is 2.27. The Morgan fingerprint density at radius 2 is 2.15 bits per heavy atom. The number of H-pyrrole nitrogens is 1. The standard InChI is InChI=1S/C19H22ClN5O/c20-14-6-7-17-16(10-14)13(11-22-17)8-9-21-19(26)18-12-25(24-23-18)15-4-2-1-3-5-15/h6-7,10-12,15,22H,1-5,8-9H2,(H,21,26). The lowest BCUT2D eigenvalue weighted by atomic mass is 9.96. The molecule has 4 rings (SSSR count). The number of halogens is 1. The third-order valence-corrected chi connectivity index (χ3v) is 5.34. The number of fused-ring (bicyclic) bond motifs is 1. The number of hydrogen-bond donors (Lipinski definition) is 2. The van der Waals surface area contributed by atoms with Crippen LogP contribution in [0.3, 0.4) is 0 Å². The molecule has 2 aromatic heterocycles. The van der Waals surface area contributed by atoms with Crippen molar-refractivity contribution >= 4 is 28.4 Å². The summed E-state index contributed by atoms with van der Waals surface area (Å²) < 4.78 is 1.86. The second kappa shape index (κ2) is 7.50. The lowest BCUT2D eigenvalue weighted by molar-refractivity contribution is 0.0949. The molecule has 1 aliphatic rings. The average molecular weight is 372 g/mol. The van der Waals surface area contributed by atoms with E-state index in [2.05, 4.69) is 20.6 Å². The Labute approximate surface area is 156 Å². The second-order valence-electron chi connectivity index (χ2n) is 6.89. The first-order chi connectivity index (χ1) is 12.7. The molecule has 0 unspecified atom stereocenters. The summed E-state index contributed by atoms with van der Waals surface area (Å²) in [6.45, 7) is 0.536. The van der Waals surface area contributed by atoms with Gasteiger partial charge in [0.25, 0.3) is 5.91 Å². The van der Waals surface area contributed by atoms with Crippen LogP contribution in [0.2, 0.25) is 5.02 Å². The molecule has 1 fully saturated rings. The molecular weight excluding hydrogens is 350 g/mol. The van der Waals surface area contributed by atoms with Crippen LogP contribution < -0.4 is 5.32 Å². The molecule has 7 heteroatoms. The fourth-order valence-electron chi connectivity index (χ4n) is 3.66. The van der Waals surface area contributed by atoms with Crippen LogP contribution in [0.15, 0.2) is 30.6 Å². The van der Waals surface area contributed by atoms with Gasteiger partial charge in [0.2, 0.25) is 0 Å². The summed E-state index contributed by atoms with van der Waals surface area (Å²) in [6, 6.07) is 6.15. The molecular formula is C19H22ClN5O. The maximum absolute atomic E-state index is 12.3. The van der Waals surface area contributed by atoms with Crippen molar-refractivity contribution in [2.24, 2.45) is 0 Å². The first-order valence-corrected chi connectivity index (χ1v) is 9.54. The van der Waals surface area contributed by atoms with E-state index in [9.17, 15) is 4.79 Å². The highest BCUT2D eigenvalue weighted by atomic mass is 35.5. The van der Waals surface area contributed by atoms with Crippen LogP contribution in [-0.4, -0.2) is 32.4 Å². The molecule has 0 spiro atoms. The van der Waals surface area contributed by atoms with Crippen molar-refractivity contribution < 1.29 is 4.79 Å². The molecule has 0 atom stereocenters. The molecule has 2 N–H and O–H groups in total. The zero-order valence-electron chi connectivity index (χ0n) is 14.5. The molecule has 1 aromatic carbocycles. The van der Waals surface area contributed by atoms with Gasteiger partial charge in [0.1, 0.15) is 0 Å². The maximum atomic E-state index is 12.3. The number of hydrogen-bond acceptors (Lipinski definition) is 3. The Bertz CT molecular complexity index is 910. The van der Waals surface area contributed by atoms with E-state index < -0.39 is 0 Å². The van der Waals surface area contributed by atoms with Crippen LogP contribution in [-0.2, 0) is 6.42 Å². The van der Waals surface area contributed by atoms with E-state index in [1.54, 1.807) is 6.20 Å². The van der Waals surface area contributed by atoms with Crippen molar-refractivity contribution in [3.63, 3.8) is 0 Å². The van der Waals surface area contributed by atoms with Gasteiger partial charge in [-0.05, 0) is 43.0 Å². The van der Waals surface area contributed by atoms with Gasteiger partial charge in [-0.2, -0.15) is 0 Å². The van der Waals surface area contributed by atoms with Gasteiger partial charge in [-0.3, -0.25) is 4.79 Å². The van der Waals surface area contributed by atoms with E-state index in [0.717, 1.165) is 35.7 Å². The highest BCUT2D eigenvalue weighted by molar-refractivity contribution is 6.31. The Hall–Kier alpha value is -2.34. The van der Waals surface area contributed by atoms with Crippen LogP contribution in [0.4, 0.5) is 0 Å². The number of rotatable bonds is 5. The van der Waals surface area contributed by atoms with Crippen molar-refractivity contribution in [2.45, 2.75) is 44.6 Å².